The number of amides is 1. The fourth-order valence-electron chi connectivity index (χ4n) is 3.70. The van der Waals surface area contributed by atoms with Gasteiger partial charge in [-0.2, -0.15) is 10.1 Å². The Morgan fingerprint density at radius 3 is 2.53 bits per heavy atom. The Morgan fingerprint density at radius 1 is 1.05 bits per heavy atom. The van der Waals surface area contributed by atoms with Crippen LogP contribution in [0.5, 0.6) is 0 Å². The number of carbonyl (C=O) groups is 1. The van der Waals surface area contributed by atoms with Crippen molar-refractivity contribution in [2.45, 2.75) is 11.8 Å². The zero-order valence-corrected chi connectivity index (χ0v) is 22.3. The Kier molecular flexibility index (Phi) is 6.66. The van der Waals surface area contributed by atoms with Crippen molar-refractivity contribution in [3.63, 3.8) is 0 Å². The second-order valence-corrected chi connectivity index (χ2v) is 11.8. The van der Waals surface area contributed by atoms with E-state index in [-0.39, 0.29) is 21.5 Å². The molecule has 1 amide bonds. The van der Waals surface area contributed by atoms with Gasteiger partial charge in [-0.15, -0.1) is 0 Å². The maximum absolute atomic E-state index is 13.6. The number of thiazole rings is 1. The van der Waals surface area contributed by atoms with Crippen molar-refractivity contribution in [1.29, 1.82) is 0 Å². The third-order valence-electron chi connectivity index (χ3n) is 5.81. The molecule has 0 atom stereocenters. The highest BCUT2D eigenvalue weighted by Crippen LogP contribution is 2.31. The highest BCUT2D eigenvalue weighted by Gasteiger charge is 2.23. The standard InChI is InChI=1S/C27H22N4O5S2/c1-17-8-13-22-24(14-17)37-27(29-22)31(26(33)18-9-11-20(12-10-18)38(34,35)30(2)3)28-15-19-16-36-23-7-5-4-6-21(23)25(19)32/h4-16H,1-3H3/b28-15+. The average Bonchev–Trinajstić information content (AvgIpc) is 3.32. The van der Waals surface area contributed by atoms with Crippen LogP contribution >= 0.6 is 11.3 Å². The predicted molar refractivity (Wildman–Crippen MR) is 149 cm³/mol. The molecule has 0 aliphatic heterocycles. The molecule has 2 heterocycles. The van der Waals surface area contributed by atoms with Crippen LogP contribution in [0.1, 0.15) is 21.5 Å². The third kappa shape index (κ3) is 4.74. The summed E-state index contributed by atoms with van der Waals surface area (Å²) in [6.45, 7) is 1.96. The SMILES string of the molecule is Cc1ccc2nc(N(/N=C/c3coc4ccccc4c3=O)C(=O)c3ccc(S(=O)(=O)N(C)C)cc3)sc2c1. The predicted octanol–water partition coefficient (Wildman–Crippen LogP) is 4.64. The van der Waals surface area contributed by atoms with Crippen LogP contribution in [0.2, 0.25) is 0 Å². The number of sulfonamides is 1. The average molecular weight is 547 g/mol. The first kappa shape index (κ1) is 25.5. The van der Waals surface area contributed by atoms with Gasteiger partial charge in [0.15, 0.2) is 0 Å². The number of aryl methyl sites for hydroxylation is 1. The minimum absolute atomic E-state index is 0.0540. The molecule has 0 spiro atoms. The van der Waals surface area contributed by atoms with Crippen LogP contribution in [-0.2, 0) is 10.0 Å². The van der Waals surface area contributed by atoms with Crippen molar-refractivity contribution in [1.82, 2.24) is 9.29 Å². The van der Waals surface area contributed by atoms with Gasteiger partial charge in [-0.05, 0) is 61.0 Å². The molecule has 192 valence electrons. The lowest BCUT2D eigenvalue weighted by atomic mass is 10.2. The molecule has 0 saturated heterocycles. The number of anilines is 1. The summed E-state index contributed by atoms with van der Waals surface area (Å²) in [6.07, 6.45) is 2.55. The molecule has 0 radical (unpaired) electrons. The summed E-state index contributed by atoms with van der Waals surface area (Å²) in [5.41, 5.74) is 2.24. The lowest BCUT2D eigenvalue weighted by Crippen LogP contribution is -2.26. The summed E-state index contributed by atoms with van der Waals surface area (Å²) < 4.78 is 32.4. The number of nitrogens with zero attached hydrogens (tertiary/aromatic N) is 4. The van der Waals surface area contributed by atoms with Crippen molar-refractivity contribution in [3.8, 4) is 0 Å². The van der Waals surface area contributed by atoms with E-state index in [2.05, 4.69) is 10.1 Å². The van der Waals surface area contributed by atoms with Crippen molar-refractivity contribution in [2.75, 3.05) is 19.1 Å². The second kappa shape index (κ2) is 9.93. The van der Waals surface area contributed by atoms with Crippen LogP contribution in [0.25, 0.3) is 21.2 Å². The van der Waals surface area contributed by atoms with Crippen LogP contribution in [0.4, 0.5) is 5.13 Å². The molecule has 5 aromatic rings. The van der Waals surface area contributed by atoms with Crippen molar-refractivity contribution in [3.05, 3.63) is 99.9 Å². The highest BCUT2D eigenvalue weighted by molar-refractivity contribution is 7.89. The molecule has 2 aromatic heterocycles. The van der Waals surface area contributed by atoms with Gasteiger partial charge in [-0.3, -0.25) is 9.59 Å². The van der Waals surface area contributed by atoms with Gasteiger partial charge >= 0.3 is 0 Å². The summed E-state index contributed by atoms with van der Waals surface area (Å²) in [4.78, 5) is 31.2. The molecule has 0 saturated carbocycles. The van der Waals surface area contributed by atoms with Gasteiger partial charge in [0.25, 0.3) is 5.91 Å². The second-order valence-electron chi connectivity index (χ2n) is 8.66. The van der Waals surface area contributed by atoms with E-state index in [1.54, 1.807) is 24.3 Å². The molecule has 0 aliphatic carbocycles. The van der Waals surface area contributed by atoms with Crippen LogP contribution in [0.15, 0.2) is 92.2 Å². The Labute approximate surface area is 222 Å². The smallest absolute Gasteiger partial charge is 0.280 e. The summed E-state index contributed by atoms with van der Waals surface area (Å²) in [5.74, 6) is -0.545. The van der Waals surface area contributed by atoms with Gasteiger partial charge in [-0.25, -0.2) is 17.7 Å². The van der Waals surface area contributed by atoms with E-state index in [0.717, 1.165) is 19.6 Å². The van der Waals surface area contributed by atoms with Gasteiger partial charge in [0.05, 0.1) is 32.3 Å². The first-order chi connectivity index (χ1) is 18.1. The number of benzene rings is 3. The highest BCUT2D eigenvalue weighted by atomic mass is 32.2. The number of rotatable bonds is 6. The number of para-hydroxylation sites is 1. The molecule has 0 aliphatic rings. The van der Waals surface area contributed by atoms with Crippen molar-refractivity contribution >= 4 is 59.8 Å². The molecule has 0 unspecified atom stereocenters. The maximum Gasteiger partial charge on any atom is 0.280 e. The topological polar surface area (TPSA) is 113 Å². The van der Waals surface area contributed by atoms with E-state index in [1.807, 2.05) is 25.1 Å². The number of carbonyl (C=O) groups excluding carboxylic acids is 1. The minimum atomic E-state index is -3.66. The van der Waals surface area contributed by atoms with E-state index in [1.165, 1.54) is 62.2 Å². The Balaban J connectivity index is 1.57. The fraction of sp³-hybridized carbons (Fsp3) is 0.111. The molecule has 3 aromatic carbocycles. The summed E-state index contributed by atoms with van der Waals surface area (Å²) in [6, 6.07) is 18.2. The fourth-order valence-corrected chi connectivity index (χ4v) is 5.63. The zero-order chi connectivity index (χ0) is 27.0. The molecule has 5 rings (SSSR count). The molecule has 0 fully saturated rings. The van der Waals surface area contributed by atoms with E-state index < -0.39 is 15.9 Å². The lowest BCUT2D eigenvalue weighted by molar-refractivity contribution is 0.0987. The monoisotopic (exact) mass is 546 g/mol. The summed E-state index contributed by atoms with van der Waals surface area (Å²) in [5, 5.41) is 6.13. The number of hydrogen-bond donors (Lipinski definition) is 0. The van der Waals surface area contributed by atoms with Crippen LogP contribution in [0, 0.1) is 6.92 Å². The summed E-state index contributed by atoms with van der Waals surface area (Å²) >= 11 is 1.27. The van der Waals surface area contributed by atoms with Crippen LogP contribution < -0.4 is 10.4 Å². The van der Waals surface area contributed by atoms with Gasteiger partial charge in [-0.1, -0.05) is 29.5 Å². The van der Waals surface area contributed by atoms with Crippen molar-refractivity contribution < 1.29 is 17.6 Å². The first-order valence-electron chi connectivity index (χ1n) is 11.4. The molecular weight excluding hydrogens is 524 g/mol. The van der Waals surface area contributed by atoms with E-state index in [9.17, 15) is 18.0 Å². The number of hydrogen-bond acceptors (Lipinski definition) is 8. The van der Waals surface area contributed by atoms with E-state index >= 15 is 0 Å². The largest absolute Gasteiger partial charge is 0.463 e. The quantitative estimate of drug-likeness (QED) is 0.226. The summed E-state index contributed by atoms with van der Waals surface area (Å²) in [7, 11) is -0.792. The van der Waals surface area contributed by atoms with E-state index in [0.29, 0.717) is 21.6 Å². The number of aromatic nitrogens is 1. The zero-order valence-electron chi connectivity index (χ0n) is 20.7. The van der Waals surface area contributed by atoms with E-state index in [4.69, 9.17) is 4.42 Å². The molecule has 11 heteroatoms. The maximum atomic E-state index is 13.6. The molecule has 0 N–H and O–H groups in total. The number of hydrazone groups is 1. The molecule has 9 nitrogen and oxygen atoms in total. The normalized spacial score (nSPS) is 12.1. The van der Waals surface area contributed by atoms with Crippen molar-refractivity contribution in [2.24, 2.45) is 5.10 Å². The molecular formula is C27H22N4O5S2. The first-order valence-corrected chi connectivity index (χ1v) is 13.7. The Hall–Kier alpha value is -4.19. The third-order valence-corrected chi connectivity index (χ3v) is 8.63. The van der Waals surface area contributed by atoms with Gasteiger partial charge in [0.2, 0.25) is 20.6 Å². The number of fused-ring (bicyclic) bond motifs is 2. The van der Waals surface area contributed by atoms with Crippen LogP contribution in [-0.4, -0.2) is 43.9 Å². The van der Waals surface area contributed by atoms with Gasteiger partial charge < -0.3 is 4.42 Å². The van der Waals surface area contributed by atoms with Crippen LogP contribution in [0.3, 0.4) is 0 Å². The molecule has 0 bridgehead atoms. The lowest BCUT2D eigenvalue weighted by Gasteiger charge is -2.15. The van der Waals surface area contributed by atoms with Gasteiger partial charge in [0, 0.05) is 19.7 Å². The Morgan fingerprint density at radius 2 is 1.79 bits per heavy atom. The minimum Gasteiger partial charge on any atom is -0.463 e. The Bertz CT molecular complexity index is 1870. The van der Waals surface area contributed by atoms with Gasteiger partial charge in [0.1, 0.15) is 11.8 Å². The molecule has 38 heavy (non-hydrogen) atoms.